The molecule has 1 N–H and O–H groups in total. The summed E-state index contributed by atoms with van der Waals surface area (Å²) in [6.45, 7) is -2.62. The normalized spacial score (nSPS) is 10.6. The number of aromatic amines is 1. The first-order chi connectivity index (χ1) is 4.22. The number of halogens is 2. The number of aromatic nitrogens is 3. The van der Waals surface area contributed by atoms with Crippen molar-refractivity contribution in [3.8, 4) is 0 Å². The van der Waals surface area contributed by atoms with E-state index in [-0.39, 0.29) is 4.77 Å². The number of nitrogens with zero attached hydrogens (tertiary/aromatic N) is 2. The molecule has 1 rings (SSSR count). The van der Waals surface area contributed by atoms with Gasteiger partial charge in [0.15, 0.2) is 0 Å². The van der Waals surface area contributed by atoms with Crippen LogP contribution >= 0.6 is 12.2 Å². The van der Waals surface area contributed by atoms with Crippen molar-refractivity contribution in [3.63, 3.8) is 0 Å². The summed E-state index contributed by atoms with van der Waals surface area (Å²) in [7, 11) is 0. The first kappa shape index (κ1) is 6.34. The van der Waals surface area contributed by atoms with E-state index in [9.17, 15) is 8.78 Å². The van der Waals surface area contributed by atoms with Crippen LogP contribution < -0.4 is 0 Å². The van der Waals surface area contributed by atoms with Gasteiger partial charge in [-0.05, 0) is 12.2 Å². The minimum Gasteiger partial charge on any atom is -0.281 e. The topological polar surface area (TPSA) is 33.6 Å². The molecule has 0 radical (unpaired) electrons. The van der Waals surface area contributed by atoms with Gasteiger partial charge in [-0.2, -0.15) is 13.5 Å². The molecule has 0 atom stereocenters. The van der Waals surface area contributed by atoms with Gasteiger partial charge < -0.3 is 0 Å². The van der Waals surface area contributed by atoms with Gasteiger partial charge in [0, 0.05) is 0 Å². The third-order valence-electron chi connectivity index (χ3n) is 0.773. The monoisotopic (exact) mass is 151 g/mol. The molecule has 9 heavy (non-hydrogen) atoms. The zero-order valence-electron chi connectivity index (χ0n) is 4.21. The SMILES string of the molecule is FC(F)n1[nH]cnc1=S. The maximum Gasteiger partial charge on any atom is 0.334 e. The highest BCUT2D eigenvalue weighted by Crippen LogP contribution is 2.05. The fourth-order valence-electron chi connectivity index (χ4n) is 0.404. The van der Waals surface area contributed by atoms with Crippen LogP contribution in [0.25, 0.3) is 0 Å². The highest BCUT2D eigenvalue weighted by molar-refractivity contribution is 7.71. The molecule has 1 heterocycles. The molecule has 0 aliphatic carbocycles. The fraction of sp³-hybridized carbons (Fsp3) is 0.333. The van der Waals surface area contributed by atoms with Crippen LogP contribution in [-0.2, 0) is 0 Å². The van der Waals surface area contributed by atoms with Crippen molar-refractivity contribution in [3.05, 3.63) is 11.1 Å². The summed E-state index contributed by atoms with van der Waals surface area (Å²) in [6, 6.07) is 0. The molecule has 6 heteroatoms. The molecule has 1 aromatic heterocycles. The van der Waals surface area contributed by atoms with Gasteiger partial charge in [-0.25, -0.2) is 4.98 Å². The standard InChI is InChI=1S/C3H3F2N3S/c4-2(5)8-3(9)6-1-7-8/h1-2H,(H,6,7,9). The third kappa shape index (κ3) is 1.13. The van der Waals surface area contributed by atoms with Crippen LogP contribution in [0.3, 0.4) is 0 Å². The minimum atomic E-state index is -2.62. The summed E-state index contributed by atoms with van der Waals surface area (Å²) in [5, 5.41) is 2.16. The second-order valence-corrected chi connectivity index (χ2v) is 1.68. The van der Waals surface area contributed by atoms with Crippen LogP contribution in [0, 0.1) is 4.77 Å². The Morgan fingerprint density at radius 3 is 2.67 bits per heavy atom. The number of hydrogen-bond acceptors (Lipinski definition) is 2. The van der Waals surface area contributed by atoms with Crippen LogP contribution in [0.1, 0.15) is 6.55 Å². The molecule has 0 aromatic carbocycles. The molecule has 0 spiro atoms. The maximum absolute atomic E-state index is 11.7. The number of alkyl halides is 2. The smallest absolute Gasteiger partial charge is 0.281 e. The average molecular weight is 151 g/mol. The largest absolute Gasteiger partial charge is 0.334 e. The molecule has 50 valence electrons. The molecule has 0 aliphatic rings. The van der Waals surface area contributed by atoms with E-state index >= 15 is 0 Å². The molecule has 0 fully saturated rings. The van der Waals surface area contributed by atoms with Crippen LogP contribution in [0.2, 0.25) is 0 Å². The van der Waals surface area contributed by atoms with Gasteiger partial charge in [0.25, 0.3) is 0 Å². The van der Waals surface area contributed by atoms with Gasteiger partial charge in [0.1, 0.15) is 6.33 Å². The Hall–Kier alpha value is -0.780. The molecule has 0 saturated carbocycles. The third-order valence-corrected chi connectivity index (χ3v) is 1.08. The van der Waals surface area contributed by atoms with Gasteiger partial charge >= 0.3 is 6.55 Å². The van der Waals surface area contributed by atoms with E-state index in [1.807, 2.05) is 0 Å². The van der Waals surface area contributed by atoms with Crippen molar-refractivity contribution in [2.45, 2.75) is 6.55 Å². The van der Waals surface area contributed by atoms with Crippen LogP contribution in [-0.4, -0.2) is 14.8 Å². The van der Waals surface area contributed by atoms with E-state index in [2.05, 4.69) is 22.3 Å². The summed E-state index contributed by atoms with van der Waals surface area (Å²) >= 11 is 4.40. The molecule has 0 bridgehead atoms. The van der Waals surface area contributed by atoms with E-state index in [0.29, 0.717) is 4.68 Å². The zero-order valence-corrected chi connectivity index (χ0v) is 5.03. The van der Waals surface area contributed by atoms with Crippen molar-refractivity contribution < 1.29 is 8.78 Å². The van der Waals surface area contributed by atoms with Gasteiger partial charge in [0.2, 0.25) is 4.77 Å². The predicted octanol–water partition coefficient (Wildman–Crippen LogP) is 1.34. The first-order valence-electron chi connectivity index (χ1n) is 2.12. The fourth-order valence-corrected chi connectivity index (χ4v) is 0.589. The minimum absolute atomic E-state index is 0.134. The Bertz CT molecular complexity index is 239. The van der Waals surface area contributed by atoms with Gasteiger partial charge in [0.05, 0.1) is 0 Å². The second kappa shape index (κ2) is 2.22. The molecule has 0 saturated heterocycles. The molecule has 0 amide bonds. The second-order valence-electron chi connectivity index (χ2n) is 1.32. The lowest BCUT2D eigenvalue weighted by molar-refractivity contribution is 0.0547. The lowest BCUT2D eigenvalue weighted by atomic mass is 11.1. The Morgan fingerprint density at radius 1 is 1.78 bits per heavy atom. The zero-order chi connectivity index (χ0) is 6.85. The Morgan fingerprint density at radius 2 is 2.44 bits per heavy atom. The van der Waals surface area contributed by atoms with Crippen LogP contribution in [0.5, 0.6) is 0 Å². The molecule has 1 aromatic rings. The quantitative estimate of drug-likeness (QED) is 0.614. The van der Waals surface area contributed by atoms with Crippen molar-refractivity contribution in [1.29, 1.82) is 0 Å². The maximum atomic E-state index is 11.7. The molecule has 0 unspecified atom stereocenters. The Balaban J connectivity index is 3.08. The van der Waals surface area contributed by atoms with Crippen molar-refractivity contribution >= 4 is 12.2 Å². The summed E-state index contributed by atoms with van der Waals surface area (Å²) in [6.07, 6.45) is 1.12. The highest BCUT2D eigenvalue weighted by Gasteiger charge is 2.04. The lowest BCUT2D eigenvalue weighted by Gasteiger charge is -1.94. The Labute approximate surface area is 54.3 Å². The van der Waals surface area contributed by atoms with E-state index in [4.69, 9.17) is 0 Å². The number of hydrogen-bond donors (Lipinski definition) is 1. The molecular weight excluding hydrogens is 148 g/mol. The van der Waals surface area contributed by atoms with E-state index < -0.39 is 6.55 Å². The van der Waals surface area contributed by atoms with Crippen molar-refractivity contribution in [2.24, 2.45) is 0 Å². The van der Waals surface area contributed by atoms with E-state index in [1.165, 1.54) is 0 Å². The first-order valence-corrected chi connectivity index (χ1v) is 2.52. The Kier molecular flexibility index (Phi) is 1.56. The van der Waals surface area contributed by atoms with Crippen LogP contribution in [0.4, 0.5) is 8.78 Å². The van der Waals surface area contributed by atoms with Gasteiger partial charge in [-0.15, -0.1) is 0 Å². The summed E-state index contributed by atoms with van der Waals surface area (Å²) in [4.78, 5) is 3.38. The van der Waals surface area contributed by atoms with E-state index in [1.54, 1.807) is 0 Å². The highest BCUT2D eigenvalue weighted by atomic mass is 32.1. The van der Waals surface area contributed by atoms with E-state index in [0.717, 1.165) is 6.33 Å². The summed E-state index contributed by atoms with van der Waals surface area (Å²) in [5.74, 6) is 0. The van der Waals surface area contributed by atoms with Gasteiger partial charge in [-0.3, -0.25) is 5.10 Å². The molecular formula is C3H3F2N3S. The summed E-state index contributed by atoms with van der Waals surface area (Å²) in [5.41, 5.74) is 0. The van der Waals surface area contributed by atoms with Crippen molar-refractivity contribution in [2.75, 3.05) is 0 Å². The number of H-pyrrole nitrogens is 1. The predicted molar refractivity (Wildman–Crippen MR) is 28.7 cm³/mol. The van der Waals surface area contributed by atoms with Crippen LogP contribution in [0.15, 0.2) is 6.33 Å². The summed E-state index contributed by atoms with van der Waals surface area (Å²) < 4.78 is 23.7. The van der Waals surface area contributed by atoms with Crippen molar-refractivity contribution in [1.82, 2.24) is 14.8 Å². The van der Waals surface area contributed by atoms with Gasteiger partial charge in [-0.1, -0.05) is 0 Å². The number of nitrogens with one attached hydrogen (secondary N) is 1. The number of rotatable bonds is 1. The molecule has 0 aliphatic heterocycles. The lowest BCUT2D eigenvalue weighted by Crippen LogP contribution is -1.99. The molecule has 3 nitrogen and oxygen atoms in total. The average Bonchev–Trinajstić information content (AvgIpc) is 2.13.